The lowest BCUT2D eigenvalue weighted by Crippen LogP contribution is -2.17. The molecule has 9 nitrogen and oxygen atoms in total. The van der Waals surface area contributed by atoms with Crippen molar-refractivity contribution in [2.75, 3.05) is 10.6 Å². The van der Waals surface area contributed by atoms with Crippen molar-refractivity contribution in [3.8, 4) is 11.1 Å². The number of halogens is 3. The van der Waals surface area contributed by atoms with Crippen molar-refractivity contribution in [3.05, 3.63) is 72.7 Å². The number of benzene rings is 1. The highest BCUT2D eigenvalue weighted by molar-refractivity contribution is 5.91. The molecular formula is C21H17F3N8O. The summed E-state index contributed by atoms with van der Waals surface area (Å²) in [6.07, 6.45) is 2.90. The van der Waals surface area contributed by atoms with E-state index in [1.54, 1.807) is 41.6 Å². The van der Waals surface area contributed by atoms with Crippen molar-refractivity contribution in [1.29, 1.82) is 0 Å². The maximum Gasteiger partial charge on any atom is 0.433 e. The van der Waals surface area contributed by atoms with Gasteiger partial charge < -0.3 is 10.6 Å². The molecule has 3 aromatic heterocycles. The fourth-order valence-corrected chi connectivity index (χ4v) is 2.92. The summed E-state index contributed by atoms with van der Waals surface area (Å²) in [5.41, 5.74) is 1.95. The Balaban J connectivity index is 1.36. The minimum Gasteiger partial charge on any atom is -0.321 e. The van der Waals surface area contributed by atoms with Gasteiger partial charge in [0.1, 0.15) is 17.8 Å². The molecule has 1 aromatic carbocycles. The molecule has 4 rings (SSSR count). The molecule has 1 amide bonds. The van der Waals surface area contributed by atoms with Gasteiger partial charge in [0, 0.05) is 37.3 Å². The molecule has 33 heavy (non-hydrogen) atoms. The van der Waals surface area contributed by atoms with E-state index in [0.717, 1.165) is 23.1 Å². The zero-order valence-corrected chi connectivity index (χ0v) is 17.2. The van der Waals surface area contributed by atoms with E-state index in [-0.39, 0.29) is 12.2 Å². The first-order chi connectivity index (χ1) is 15.8. The maximum absolute atomic E-state index is 12.7. The third-order valence-corrected chi connectivity index (χ3v) is 4.49. The van der Waals surface area contributed by atoms with Gasteiger partial charge in [-0.25, -0.2) is 19.9 Å². The van der Waals surface area contributed by atoms with Crippen LogP contribution in [-0.4, -0.2) is 35.6 Å². The van der Waals surface area contributed by atoms with E-state index in [1.807, 2.05) is 19.2 Å². The van der Waals surface area contributed by atoms with E-state index in [2.05, 4.69) is 35.7 Å². The number of amides is 1. The molecule has 0 fully saturated rings. The van der Waals surface area contributed by atoms with Crippen LogP contribution < -0.4 is 10.6 Å². The third kappa shape index (κ3) is 5.67. The van der Waals surface area contributed by atoms with Crippen molar-refractivity contribution in [2.45, 2.75) is 12.6 Å². The second-order valence-electron chi connectivity index (χ2n) is 7.03. The molecule has 0 unspecified atom stereocenters. The highest BCUT2D eigenvalue weighted by atomic mass is 19.4. The van der Waals surface area contributed by atoms with Crippen LogP contribution in [0.1, 0.15) is 11.3 Å². The second kappa shape index (κ2) is 9.02. The Bertz CT molecular complexity index is 1250. The molecule has 2 N–H and O–H groups in total. The number of hydrogen-bond acceptors (Lipinski definition) is 7. The van der Waals surface area contributed by atoms with Gasteiger partial charge in [0.05, 0.1) is 18.3 Å². The van der Waals surface area contributed by atoms with Crippen molar-refractivity contribution < 1.29 is 18.0 Å². The van der Waals surface area contributed by atoms with Gasteiger partial charge in [0.2, 0.25) is 11.9 Å². The quantitative estimate of drug-likeness (QED) is 0.458. The van der Waals surface area contributed by atoms with Crippen LogP contribution >= 0.6 is 0 Å². The first kappa shape index (κ1) is 21.9. The molecule has 4 aromatic rings. The van der Waals surface area contributed by atoms with Gasteiger partial charge in [0.15, 0.2) is 0 Å². The average molecular weight is 454 g/mol. The molecule has 168 valence electrons. The van der Waals surface area contributed by atoms with Crippen LogP contribution in [0.15, 0.2) is 61.4 Å². The number of rotatable bonds is 6. The van der Waals surface area contributed by atoms with Gasteiger partial charge in [0.25, 0.3) is 0 Å². The average Bonchev–Trinajstić information content (AvgIpc) is 3.19. The predicted molar refractivity (Wildman–Crippen MR) is 113 cm³/mol. The molecule has 0 spiro atoms. The Kier molecular flexibility index (Phi) is 5.98. The standard InChI is InChI=1S/C21H17F3N8O/c1-32-11-16(10-29-32)30-20-25-8-15(9-26-20)14-4-2-13(3-5-14)6-19(33)31-18-7-17(21(22,23)24)27-12-28-18/h2-5,7-12H,6H2,1H3,(H,25,26,30)(H,27,28,31,33). The lowest BCUT2D eigenvalue weighted by Gasteiger charge is -2.08. The molecule has 0 saturated heterocycles. The first-order valence-electron chi connectivity index (χ1n) is 9.62. The molecule has 0 aliphatic rings. The Labute approximate surface area is 185 Å². The second-order valence-corrected chi connectivity index (χ2v) is 7.03. The van der Waals surface area contributed by atoms with Gasteiger partial charge >= 0.3 is 6.18 Å². The number of hydrogen-bond donors (Lipinski definition) is 2. The number of nitrogens with zero attached hydrogens (tertiary/aromatic N) is 6. The molecule has 12 heteroatoms. The topological polar surface area (TPSA) is 111 Å². The Morgan fingerprint density at radius 3 is 2.36 bits per heavy atom. The zero-order valence-electron chi connectivity index (χ0n) is 17.2. The van der Waals surface area contributed by atoms with Crippen molar-refractivity contribution in [1.82, 2.24) is 29.7 Å². The number of alkyl halides is 3. The summed E-state index contributed by atoms with van der Waals surface area (Å²) in [4.78, 5) is 27.6. The lowest BCUT2D eigenvalue weighted by molar-refractivity contribution is -0.141. The van der Waals surface area contributed by atoms with Gasteiger partial charge in [-0.3, -0.25) is 9.48 Å². The summed E-state index contributed by atoms with van der Waals surface area (Å²) in [6.45, 7) is 0. The van der Waals surface area contributed by atoms with Gasteiger partial charge in [-0.2, -0.15) is 18.3 Å². The highest BCUT2D eigenvalue weighted by Crippen LogP contribution is 2.28. The van der Waals surface area contributed by atoms with Crippen LogP contribution in [0.3, 0.4) is 0 Å². The fourth-order valence-electron chi connectivity index (χ4n) is 2.92. The minimum absolute atomic E-state index is 0.0316. The van der Waals surface area contributed by atoms with E-state index in [9.17, 15) is 18.0 Å². The van der Waals surface area contributed by atoms with Crippen molar-refractivity contribution >= 4 is 23.4 Å². The molecule has 0 radical (unpaired) electrons. The van der Waals surface area contributed by atoms with Crippen LogP contribution in [0.2, 0.25) is 0 Å². The molecule has 3 heterocycles. The zero-order chi connectivity index (χ0) is 23.4. The summed E-state index contributed by atoms with van der Waals surface area (Å²) in [7, 11) is 1.81. The van der Waals surface area contributed by atoms with E-state index < -0.39 is 17.8 Å². The molecular weight excluding hydrogens is 437 g/mol. The van der Waals surface area contributed by atoms with E-state index in [1.165, 1.54) is 0 Å². The number of aromatic nitrogens is 6. The van der Waals surface area contributed by atoms with Crippen LogP contribution in [0.5, 0.6) is 0 Å². The van der Waals surface area contributed by atoms with E-state index in [4.69, 9.17) is 0 Å². The molecule has 0 aliphatic heterocycles. The van der Waals surface area contributed by atoms with Gasteiger partial charge in [-0.15, -0.1) is 0 Å². The number of nitrogens with one attached hydrogen (secondary N) is 2. The van der Waals surface area contributed by atoms with Crippen LogP contribution in [-0.2, 0) is 24.4 Å². The summed E-state index contributed by atoms with van der Waals surface area (Å²) < 4.78 is 39.9. The van der Waals surface area contributed by atoms with E-state index in [0.29, 0.717) is 17.6 Å². The fraction of sp³-hybridized carbons (Fsp3) is 0.143. The maximum atomic E-state index is 12.7. The largest absolute Gasteiger partial charge is 0.433 e. The molecule has 0 aliphatic carbocycles. The highest BCUT2D eigenvalue weighted by Gasteiger charge is 2.32. The first-order valence-corrected chi connectivity index (χ1v) is 9.62. The number of carbonyl (C=O) groups is 1. The Morgan fingerprint density at radius 2 is 1.73 bits per heavy atom. The predicted octanol–water partition coefficient (Wildman–Crippen LogP) is 3.61. The number of carbonyl (C=O) groups excluding carboxylic acids is 1. The van der Waals surface area contributed by atoms with Gasteiger partial charge in [-0.05, 0) is 11.1 Å². The summed E-state index contributed by atoms with van der Waals surface area (Å²) in [6, 6.07) is 7.80. The lowest BCUT2D eigenvalue weighted by atomic mass is 10.1. The Morgan fingerprint density at radius 1 is 1.00 bits per heavy atom. The van der Waals surface area contributed by atoms with E-state index >= 15 is 0 Å². The summed E-state index contributed by atoms with van der Waals surface area (Å²) in [5, 5.41) is 9.46. The summed E-state index contributed by atoms with van der Waals surface area (Å²) in [5.74, 6) is -0.279. The molecule has 0 atom stereocenters. The summed E-state index contributed by atoms with van der Waals surface area (Å²) >= 11 is 0. The third-order valence-electron chi connectivity index (χ3n) is 4.49. The molecule has 0 saturated carbocycles. The normalized spacial score (nSPS) is 11.3. The van der Waals surface area contributed by atoms with Crippen LogP contribution in [0.4, 0.5) is 30.6 Å². The smallest absolute Gasteiger partial charge is 0.321 e. The van der Waals surface area contributed by atoms with Gasteiger partial charge in [-0.1, -0.05) is 24.3 Å². The number of anilines is 3. The minimum atomic E-state index is -4.62. The SMILES string of the molecule is Cn1cc(Nc2ncc(-c3ccc(CC(=O)Nc4cc(C(F)(F)F)ncn4)cc3)cn2)cn1. The Hall–Kier alpha value is -4.35. The van der Waals surface area contributed by atoms with Crippen LogP contribution in [0, 0.1) is 0 Å². The monoisotopic (exact) mass is 454 g/mol. The van der Waals surface area contributed by atoms with Crippen molar-refractivity contribution in [3.63, 3.8) is 0 Å². The molecule has 0 bridgehead atoms. The van der Waals surface area contributed by atoms with Crippen molar-refractivity contribution in [2.24, 2.45) is 7.05 Å². The number of aryl methyl sites for hydroxylation is 1. The van der Waals surface area contributed by atoms with Crippen LogP contribution in [0.25, 0.3) is 11.1 Å².